The van der Waals surface area contributed by atoms with E-state index in [0.29, 0.717) is 6.07 Å². The molecule has 1 aromatic rings. The first-order valence-electron chi connectivity index (χ1n) is 5.37. The number of benzene rings is 1. The van der Waals surface area contributed by atoms with Crippen molar-refractivity contribution >= 4 is 0 Å². The van der Waals surface area contributed by atoms with Gasteiger partial charge in [-0.25, -0.2) is 0 Å². The van der Waals surface area contributed by atoms with Gasteiger partial charge in [-0.2, -0.15) is 26.3 Å². The highest BCUT2D eigenvalue weighted by Gasteiger charge is 2.71. The number of hydrogen-bond donors (Lipinski definition) is 1. The molecule has 0 unspecified atom stereocenters. The van der Waals surface area contributed by atoms with E-state index in [-0.39, 0.29) is 16.9 Å². The minimum absolute atomic E-state index is 0.0556. The Balaban J connectivity index is 3.65. The molecule has 0 spiro atoms. The molecule has 1 rings (SSSR count). The zero-order valence-electron chi connectivity index (χ0n) is 10.8. The van der Waals surface area contributed by atoms with Crippen molar-refractivity contribution in [3.63, 3.8) is 0 Å². The number of halogens is 6. The molecule has 0 saturated heterocycles. The predicted molar refractivity (Wildman–Crippen MR) is 58.5 cm³/mol. The summed E-state index contributed by atoms with van der Waals surface area (Å²) < 4.78 is 81.5. The molecular formula is C12H12F6O2. The SMILES string of the molecule is COc1cc(C)c(C(O)(C(F)(F)F)C(F)(F)F)cc1C. The second-order valence-electron chi connectivity index (χ2n) is 4.34. The number of rotatable bonds is 2. The molecule has 0 aliphatic rings. The normalized spacial score (nSPS) is 13.5. The topological polar surface area (TPSA) is 29.5 Å². The highest BCUT2D eigenvalue weighted by atomic mass is 19.4. The second-order valence-corrected chi connectivity index (χ2v) is 4.34. The van der Waals surface area contributed by atoms with E-state index in [9.17, 15) is 31.4 Å². The lowest BCUT2D eigenvalue weighted by Gasteiger charge is -2.34. The summed E-state index contributed by atoms with van der Waals surface area (Å²) in [6.07, 6.45) is -11.8. The van der Waals surface area contributed by atoms with Crippen molar-refractivity contribution < 1.29 is 36.2 Å². The fourth-order valence-corrected chi connectivity index (χ4v) is 1.87. The molecule has 8 heteroatoms. The molecule has 0 aromatic heterocycles. The van der Waals surface area contributed by atoms with Crippen molar-refractivity contribution in [2.75, 3.05) is 7.11 Å². The predicted octanol–water partition coefficient (Wildman–Crippen LogP) is 3.62. The van der Waals surface area contributed by atoms with Gasteiger partial charge in [0.1, 0.15) is 5.75 Å². The lowest BCUT2D eigenvalue weighted by Crippen LogP contribution is -2.54. The molecule has 0 aliphatic carbocycles. The molecule has 0 bridgehead atoms. The third kappa shape index (κ3) is 2.44. The molecule has 0 aliphatic heterocycles. The fourth-order valence-electron chi connectivity index (χ4n) is 1.87. The minimum atomic E-state index is -5.89. The molecule has 0 amide bonds. The molecule has 114 valence electrons. The molecule has 0 radical (unpaired) electrons. The van der Waals surface area contributed by atoms with Crippen LogP contribution in [0.25, 0.3) is 0 Å². The van der Waals surface area contributed by atoms with Crippen LogP contribution in [0.2, 0.25) is 0 Å². The van der Waals surface area contributed by atoms with Crippen LogP contribution in [0.3, 0.4) is 0 Å². The number of hydrogen-bond acceptors (Lipinski definition) is 2. The van der Waals surface area contributed by atoms with Crippen molar-refractivity contribution in [2.24, 2.45) is 0 Å². The average molecular weight is 302 g/mol. The smallest absolute Gasteiger partial charge is 0.430 e. The van der Waals surface area contributed by atoms with Gasteiger partial charge >= 0.3 is 12.4 Å². The van der Waals surface area contributed by atoms with Crippen LogP contribution >= 0.6 is 0 Å². The van der Waals surface area contributed by atoms with Crippen molar-refractivity contribution in [3.8, 4) is 5.75 Å². The molecule has 1 N–H and O–H groups in total. The summed E-state index contributed by atoms with van der Waals surface area (Å²) >= 11 is 0. The van der Waals surface area contributed by atoms with Crippen LogP contribution in [0.5, 0.6) is 5.75 Å². The number of aliphatic hydroxyl groups is 1. The molecule has 0 fully saturated rings. The first-order valence-corrected chi connectivity index (χ1v) is 5.37. The Morgan fingerprint density at radius 3 is 1.70 bits per heavy atom. The summed E-state index contributed by atoms with van der Waals surface area (Å²) in [5, 5.41) is 9.33. The minimum Gasteiger partial charge on any atom is -0.496 e. The van der Waals surface area contributed by atoms with E-state index in [2.05, 4.69) is 0 Å². The van der Waals surface area contributed by atoms with Gasteiger partial charge in [-0.15, -0.1) is 0 Å². The molecule has 2 nitrogen and oxygen atoms in total. The first kappa shape index (κ1) is 16.6. The highest BCUT2D eigenvalue weighted by molar-refractivity contribution is 5.45. The van der Waals surface area contributed by atoms with E-state index in [4.69, 9.17) is 4.74 Å². The first-order chi connectivity index (χ1) is 8.86. The van der Waals surface area contributed by atoms with Crippen LogP contribution in [-0.4, -0.2) is 24.6 Å². The maximum Gasteiger partial charge on any atom is 0.430 e. The summed E-state index contributed by atoms with van der Waals surface area (Å²) in [7, 11) is 1.24. The quantitative estimate of drug-likeness (QED) is 0.845. The van der Waals surface area contributed by atoms with Crippen LogP contribution in [-0.2, 0) is 5.60 Å². The Bertz CT molecular complexity index is 490. The van der Waals surface area contributed by atoms with E-state index < -0.39 is 23.5 Å². The molecule has 20 heavy (non-hydrogen) atoms. The maximum absolute atomic E-state index is 12.8. The Labute approximate surface area is 111 Å². The van der Waals surface area contributed by atoms with Gasteiger partial charge in [-0.1, -0.05) is 0 Å². The lowest BCUT2D eigenvalue weighted by atomic mass is 9.87. The standard InChI is InChI=1S/C12H12F6O2/c1-6-5-9(20-3)7(2)4-8(6)10(19,11(13,14)15)12(16,17)18/h4-5,19H,1-3H3. The van der Waals surface area contributed by atoms with Gasteiger partial charge in [-0.05, 0) is 37.1 Å². The van der Waals surface area contributed by atoms with E-state index in [1.54, 1.807) is 0 Å². The van der Waals surface area contributed by atoms with E-state index in [1.165, 1.54) is 14.0 Å². The van der Waals surface area contributed by atoms with Crippen LogP contribution in [0.15, 0.2) is 12.1 Å². The number of alkyl halides is 6. The third-order valence-electron chi connectivity index (χ3n) is 2.95. The van der Waals surface area contributed by atoms with E-state index >= 15 is 0 Å². The molecule has 0 heterocycles. The van der Waals surface area contributed by atoms with Crippen molar-refractivity contribution in [1.82, 2.24) is 0 Å². The molecule has 0 atom stereocenters. The van der Waals surface area contributed by atoms with Crippen LogP contribution in [0, 0.1) is 13.8 Å². The van der Waals surface area contributed by atoms with Crippen LogP contribution in [0.4, 0.5) is 26.3 Å². The van der Waals surface area contributed by atoms with Gasteiger partial charge in [-0.3, -0.25) is 0 Å². The van der Waals surface area contributed by atoms with Gasteiger partial charge in [0.25, 0.3) is 5.60 Å². The summed E-state index contributed by atoms with van der Waals surface area (Å²) in [5.41, 5.74) is -6.48. The zero-order chi connectivity index (χ0) is 15.9. The zero-order valence-corrected chi connectivity index (χ0v) is 10.8. The Hall–Kier alpha value is -1.44. The second kappa shape index (κ2) is 4.83. The fraction of sp³-hybridized carbons (Fsp3) is 0.500. The van der Waals surface area contributed by atoms with Crippen LogP contribution in [0.1, 0.15) is 16.7 Å². The summed E-state index contributed by atoms with van der Waals surface area (Å²) in [6, 6.07) is 1.66. The number of aryl methyl sites for hydroxylation is 2. The number of methoxy groups -OCH3 is 1. The summed E-state index contributed by atoms with van der Waals surface area (Å²) in [5.74, 6) is 0.137. The summed E-state index contributed by atoms with van der Waals surface area (Å²) in [4.78, 5) is 0. The van der Waals surface area contributed by atoms with Crippen molar-refractivity contribution in [2.45, 2.75) is 31.8 Å². The van der Waals surface area contributed by atoms with Gasteiger partial charge in [0.2, 0.25) is 0 Å². The van der Waals surface area contributed by atoms with Crippen LogP contribution < -0.4 is 4.74 Å². The third-order valence-corrected chi connectivity index (χ3v) is 2.95. The summed E-state index contributed by atoms with van der Waals surface area (Å²) in [6.45, 7) is 2.33. The van der Waals surface area contributed by atoms with E-state index in [0.717, 1.165) is 13.0 Å². The van der Waals surface area contributed by atoms with Gasteiger partial charge < -0.3 is 9.84 Å². The van der Waals surface area contributed by atoms with Crippen molar-refractivity contribution in [1.29, 1.82) is 0 Å². The average Bonchev–Trinajstić information content (AvgIpc) is 2.27. The Kier molecular flexibility index (Phi) is 4.02. The van der Waals surface area contributed by atoms with Gasteiger partial charge in [0.15, 0.2) is 0 Å². The Morgan fingerprint density at radius 1 is 0.900 bits per heavy atom. The maximum atomic E-state index is 12.8. The monoisotopic (exact) mass is 302 g/mol. The van der Waals surface area contributed by atoms with Gasteiger partial charge in [0, 0.05) is 5.56 Å². The number of ether oxygens (including phenoxy) is 1. The van der Waals surface area contributed by atoms with E-state index in [1.807, 2.05) is 0 Å². The largest absolute Gasteiger partial charge is 0.496 e. The lowest BCUT2D eigenvalue weighted by molar-refractivity contribution is -0.376. The van der Waals surface area contributed by atoms with Crippen molar-refractivity contribution in [3.05, 3.63) is 28.8 Å². The Morgan fingerprint density at radius 2 is 1.35 bits per heavy atom. The highest BCUT2D eigenvalue weighted by Crippen LogP contribution is 2.51. The molecule has 0 saturated carbocycles. The van der Waals surface area contributed by atoms with Gasteiger partial charge in [0.05, 0.1) is 7.11 Å². The molecular weight excluding hydrogens is 290 g/mol. The molecule has 1 aromatic carbocycles.